The molecule has 2 aromatic heterocycles. The Bertz CT molecular complexity index is 966. The molecule has 3 aromatic rings. The van der Waals surface area contributed by atoms with Crippen molar-refractivity contribution in [3.8, 4) is 0 Å². The average molecular weight is 362 g/mol. The number of nitrogens with one attached hydrogen (secondary N) is 1. The third kappa shape index (κ3) is 2.81. The Morgan fingerprint density at radius 1 is 1.19 bits per heavy atom. The molecule has 1 aromatic carbocycles. The molecule has 4 atom stereocenters. The highest BCUT2D eigenvalue weighted by Gasteiger charge is 2.33. The van der Waals surface area contributed by atoms with Gasteiger partial charge in [-0.05, 0) is 60.8 Å². The minimum Gasteiger partial charge on any atom is -0.396 e. The van der Waals surface area contributed by atoms with E-state index in [1.807, 2.05) is 4.52 Å². The van der Waals surface area contributed by atoms with Gasteiger partial charge in [-0.1, -0.05) is 31.2 Å². The summed E-state index contributed by atoms with van der Waals surface area (Å²) in [5, 5.41) is 17.8. The number of fused-ring (bicyclic) bond motifs is 2. The Morgan fingerprint density at radius 2 is 2.07 bits per heavy atom. The van der Waals surface area contributed by atoms with E-state index in [4.69, 9.17) is 0 Å². The first-order valence-electron chi connectivity index (χ1n) is 10.0. The van der Waals surface area contributed by atoms with Gasteiger partial charge in [0.05, 0.1) is 6.04 Å². The summed E-state index contributed by atoms with van der Waals surface area (Å²) in [6.45, 7) is 2.53. The second-order valence-electron chi connectivity index (χ2n) is 8.19. The summed E-state index contributed by atoms with van der Waals surface area (Å²) in [6.07, 6.45) is 6.01. The first-order chi connectivity index (χ1) is 13.2. The van der Waals surface area contributed by atoms with Crippen molar-refractivity contribution in [2.45, 2.75) is 44.6 Å². The predicted molar refractivity (Wildman–Crippen MR) is 106 cm³/mol. The van der Waals surface area contributed by atoms with Crippen molar-refractivity contribution in [2.24, 2.45) is 11.8 Å². The average Bonchev–Trinajstić information content (AvgIpc) is 3.39. The molecule has 5 nitrogen and oxygen atoms in total. The number of aryl methyl sites for hydroxylation is 1. The highest BCUT2D eigenvalue weighted by Crippen LogP contribution is 2.42. The maximum atomic E-state index is 9.61. The molecule has 0 radical (unpaired) electrons. The van der Waals surface area contributed by atoms with Crippen LogP contribution < -0.4 is 5.32 Å². The number of hydrogen-bond donors (Lipinski definition) is 2. The van der Waals surface area contributed by atoms with Gasteiger partial charge in [0.25, 0.3) is 0 Å². The van der Waals surface area contributed by atoms with Gasteiger partial charge in [-0.25, -0.2) is 9.50 Å². The predicted octanol–water partition coefficient (Wildman–Crippen LogP) is 3.95. The minimum atomic E-state index is 0.282. The zero-order valence-corrected chi connectivity index (χ0v) is 15.7. The van der Waals surface area contributed by atoms with Crippen LogP contribution in [0.2, 0.25) is 0 Å². The number of benzene rings is 1. The molecular formula is C22H26N4O. The fourth-order valence-corrected chi connectivity index (χ4v) is 5.08. The van der Waals surface area contributed by atoms with E-state index < -0.39 is 0 Å². The monoisotopic (exact) mass is 362 g/mol. The quantitative estimate of drug-likeness (QED) is 0.738. The van der Waals surface area contributed by atoms with Crippen molar-refractivity contribution >= 4 is 11.3 Å². The first kappa shape index (κ1) is 16.8. The molecule has 2 aliphatic rings. The van der Waals surface area contributed by atoms with E-state index in [0.717, 1.165) is 37.0 Å². The molecule has 1 saturated carbocycles. The minimum absolute atomic E-state index is 0.282. The van der Waals surface area contributed by atoms with Crippen molar-refractivity contribution in [1.29, 1.82) is 0 Å². The molecule has 5 heteroatoms. The Hall–Kier alpha value is -2.40. The van der Waals surface area contributed by atoms with Crippen LogP contribution in [0.4, 0.5) is 5.82 Å². The molecule has 0 bridgehead atoms. The van der Waals surface area contributed by atoms with Gasteiger partial charge in [-0.15, -0.1) is 0 Å². The lowest BCUT2D eigenvalue weighted by molar-refractivity contribution is 0.201. The summed E-state index contributed by atoms with van der Waals surface area (Å²) in [5.74, 6) is 2.31. The normalized spacial score (nSPS) is 27.2. The van der Waals surface area contributed by atoms with Crippen LogP contribution in [0.25, 0.3) is 5.52 Å². The number of aromatic nitrogens is 3. The molecule has 1 fully saturated rings. The molecular weight excluding hydrogens is 336 g/mol. The Morgan fingerprint density at radius 3 is 2.93 bits per heavy atom. The highest BCUT2D eigenvalue weighted by molar-refractivity contribution is 5.69. The molecule has 2 N–H and O–H groups in total. The topological polar surface area (TPSA) is 62.5 Å². The second kappa shape index (κ2) is 6.64. The van der Waals surface area contributed by atoms with Crippen molar-refractivity contribution in [3.05, 3.63) is 59.5 Å². The zero-order valence-electron chi connectivity index (χ0n) is 15.7. The fraction of sp³-hybridized carbons (Fsp3) is 0.455. The Labute approximate surface area is 159 Å². The molecule has 27 heavy (non-hydrogen) atoms. The summed E-state index contributed by atoms with van der Waals surface area (Å²) in [5.41, 5.74) is 5.10. The molecule has 0 saturated heterocycles. The lowest BCUT2D eigenvalue weighted by Gasteiger charge is -2.16. The van der Waals surface area contributed by atoms with Crippen LogP contribution in [0.3, 0.4) is 0 Å². The van der Waals surface area contributed by atoms with Crippen LogP contribution in [0.1, 0.15) is 55.0 Å². The lowest BCUT2D eigenvalue weighted by atomic mass is 10.00. The molecule has 2 heterocycles. The van der Waals surface area contributed by atoms with E-state index in [9.17, 15) is 5.11 Å². The number of hydrogen-bond acceptors (Lipinski definition) is 4. The van der Waals surface area contributed by atoms with Crippen LogP contribution in [-0.2, 0) is 6.42 Å². The summed E-state index contributed by atoms with van der Waals surface area (Å²) in [4.78, 5) is 4.55. The zero-order chi connectivity index (χ0) is 18.4. The molecule has 140 valence electrons. The molecule has 2 aliphatic carbocycles. The molecule has 1 unspecified atom stereocenters. The standard InChI is InChI=1S/C22H26N4O/c1-14-10-16(11-17(14)12-27)20-8-9-21-22(23-13-24-26(20)21)25-19-7-6-15-4-2-3-5-18(15)19/h2-5,8-9,13-14,16-17,19,27H,6-7,10-12H2,1H3,(H,23,24,25)/t14-,16-,17?,19-/m0/s1. The molecule has 5 rings (SSSR count). The van der Waals surface area contributed by atoms with Crippen molar-refractivity contribution in [2.75, 3.05) is 11.9 Å². The number of anilines is 1. The highest BCUT2D eigenvalue weighted by atomic mass is 16.3. The first-order valence-corrected chi connectivity index (χ1v) is 10.0. The smallest absolute Gasteiger partial charge is 0.154 e. The summed E-state index contributed by atoms with van der Waals surface area (Å²) in [6, 6.07) is 13.3. The van der Waals surface area contributed by atoms with Gasteiger partial charge in [0.1, 0.15) is 11.8 Å². The van der Waals surface area contributed by atoms with Gasteiger partial charge < -0.3 is 10.4 Å². The number of nitrogens with zero attached hydrogens (tertiary/aromatic N) is 3. The number of rotatable bonds is 4. The lowest BCUT2D eigenvalue weighted by Crippen LogP contribution is -2.11. The maximum Gasteiger partial charge on any atom is 0.154 e. The molecule has 0 aliphatic heterocycles. The van der Waals surface area contributed by atoms with Crippen molar-refractivity contribution in [3.63, 3.8) is 0 Å². The van der Waals surface area contributed by atoms with Gasteiger partial charge in [-0.3, -0.25) is 0 Å². The second-order valence-corrected chi connectivity index (χ2v) is 8.19. The number of aliphatic hydroxyl groups is 1. The van der Waals surface area contributed by atoms with E-state index in [-0.39, 0.29) is 6.61 Å². The van der Waals surface area contributed by atoms with Gasteiger partial charge in [0.2, 0.25) is 0 Å². The maximum absolute atomic E-state index is 9.61. The van der Waals surface area contributed by atoms with E-state index >= 15 is 0 Å². The van der Waals surface area contributed by atoms with Crippen LogP contribution in [0, 0.1) is 11.8 Å². The van der Waals surface area contributed by atoms with E-state index in [1.54, 1.807) is 6.33 Å². The van der Waals surface area contributed by atoms with E-state index in [2.05, 4.69) is 58.7 Å². The van der Waals surface area contributed by atoms with Crippen molar-refractivity contribution < 1.29 is 5.11 Å². The van der Waals surface area contributed by atoms with Gasteiger partial charge in [0.15, 0.2) is 5.82 Å². The summed E-state index contributed by atoms with van der Waals surface area (Å²) < 4.78 is 2.05. The Kier molecular flexibility index (Phi) is 4.12. The third-order valence-corrected chi connectivity index (χ3v) is 6.63. The fourth-order valence-electron chi connectivity index (χ4n) is 5.08. The molecule has 0 spiro atoms. The van der Waals surface area contributed by atoms with Crippen LogP contribution >= 0.6 is 0 Å². The van der Waals surface area contributed by atoms with Gasteiger partial charge in [-0.2, -0.15) is 5.10 Å². The molecule has 0 amide bonds. The SMILES string of the molecule is C[C@H]1C[C@H](c2ccc3c(N[C@H]4CCc5ccccc54)ncnn23)CC1CO. The van der Waals surface area contributed by atoms with Crippen LogP contribution in [-0.4, -0.2) is 26.3 Å². The van der Waals surface area contributed by atoms with Crippen molar-refractivity contribution in [1.82, 2.24) is 14.6 Å². The summed E-state index contributed by atoms with van der Waals surface area (Å²) in [7, 11) is 0. The number of aliphatic hydroxyl groups excluding tert-OH is 1. The van der Waals surface area contributed by atoms with Crippen LogP contribution in [0.5, 0.6) is 0 Å². The van der Waals surface area contributed by atoms with E-state index in [0.29, 0.717) is 23.8 Å². The van der Waals surface area contributed by atoms with Gasteiger partial charge in [0, 0.05) is 18.2 Å². The van der Waals surface area contributed by atoms with E-state index in [1.165, 1.54) is 16.8 Å². The largest absolute Gasteiger partial charge is 0.396 e. The van der Waals surface area contributed by atoms with Gasteiger partial charge >= 0.3 is 0 Å². The third-order valence-electron chi connectivity index (χ3n) is 6.63. The Balaban J connectivity index is 1.45. The van der Waals surface area contributed by atoms with Crippen LogP contribution in [0.15, 0.2) is 42.7 Å². The summed E-state index contributed by atoms with van der Waals surface area (Å²) >= 11 is 0.